The first kappa shape index (κ1) is 17.9. The lowest BCUT2D eigenvalue weighted by Gasteiger charge is -2.10. The van der Waals surface area contributed by atoms with Crippen LogP contribution >= 0.6 is 0 Å². The van der Waals surface area contributed by atoms with Gasteiger partial charge >= 0.3 is 0 Å². The van der Waals surface area contributed by atoms with Crippen LogP contribution in [0.15, 0.2) is 35.3 Å². The predicted molar refractivity (Wildman–Crippen MR) is 92.0 cm³/mol. The molecule has 0 fully saturated rings. The summed E-state index contributed by atoms with van der Waals surface area (Å²) in [4.78, 5) is 4.50. The molecule has 0 bridgehead atoms. The molecule has 0 saturated carbocycles. The van der Waals surface area contributed by atoms with Crippen molar-refractivity contribution in [2.75, 3.05) is 6.61 Å². The number of benzene rings is 1. The van der Waals surface area contributed by atoms with Crippen LogP contribution in [0, 0.1) is 0 Å². The Morgan fingerprint density at radius 2 is 1.62 bits per heavy atom. The fraction of sp³-hybridized carbons (Fsp3) is 0.632. The molecule has 1 rings (SSSR count). The number of hydrogen-bond donors (Lipinski definition) is 0. The van der Waals surface area contributed by atoms with Crippen LogP contribution in [0.1, 0.15) is 64.9 Å². The Balaban J connectivity index is 1.86. The van der Waals surface area contributed by atoms with E-state index in [1.165, 1.54) is 37.7 Å². The molecule has 0 atom stereocenters. The highest BCUT2D eigenvalue weighted by atomic mass is 16.5. The maximum atomic E-state index is 5.68. The highest BCUT2D eigenvalue weighted by molar-refractivity contribution is 5.57. The molecule has 21 heavy (non-hydrogen) atoms. The van der Waals surface area contributed by atoms with Crippen molar-refractivity contribution >= 4 is 6.21 Å². The van der Waals surface area contributed by atoms with Crippen molar-refractivity contribution in [3.05, 3.63) is 35.9 Å². The molecule has 0 aliphatic carbocycles. The summed E-state index contributed by atoms with van der Waals surface area (Å²) in [6, 6.07) is 10.4. The molecule has 0 saturated heterocycles. The zero-order chi connectivity index (χ0) is 15.4. The molecule has 1 aromatic carbocycles. The summed E-state index contributed by atoms with van der Waals surface area (Å²) in [7, 11) is 0. The Hall–Kier alpha value is -1.15. The van der Waals surface area contributed by atoms with E-state index in [0.29, 0.717) is 0 Å². The molecule has 2 nitrogen and oxygen atoms in total. The molecule has 118 valence electrons. The second kappa shape index (κ2) is 10.6. The van der Waals surface area contributed by atoms with Crippen molar-refractivity contribution in [1.29, 1.82) is 0 Å². The molecule has 0 aliphatic heterocycles. The van der Waals surface area contributed by atoms with Crippen molar-refractivity contribution in [2.45, 2.75) is 71.4 Å². The molecule has 2 heteroatoms. The van der Waals surface area contributed by atoms with E-state index < -0.39 is 0 Å². The fourth-order valence-electron chi connectivity index (χ4n) is 2.07. The predicted octanol–water partition coefficient (Wildman–Crippen LogP) is 5.41. The minimum Gasteiger partial charge on any atom is -0.377 e. The van der Waals surface area contributed by atoms with Crippen LogP contribution in [-0.4, -0.2) is 18.4 Å². The molecule has 0 amide bonds. The van der Waals surface area contributed by atoms with Gasteiger partial charge in [-0.2, -0.15) is 0 Å². The third kappa shape index (κ3) is 11.2. The van der Waals surface area contributed by atoms with E-state index >= 15 is 0 Å². The lowest BCUT2D eigenvalue weighted by Crippen LogP contribution is -2.09. The topological polar surface area (TPSA) is 21.6 Å². The standard InChI is InChI=1S/C19H31NO/c1-19(2,3)20-15-11-6-4-5-7-12-16-21-17-18-13-9-8-10-14-18/h8-10,13-15H,4-7,11-12,16-17H2,1-3H3. The van der Waals surface area contributed by atoms with Crippen molar-refractivity contribution in [2.24, 2.45) is 4.99 Å². The number of rotatable bonds is 10. The van der Waals surface area contributed by atoms with Gasteiger partial charge in [-0.3, -0.25) is 4.99 Å². The highest BCUT2D eigenvalue weighted by Gasteiger charge is 2.03. The maximum Gasteiger partial charge on any atom is 0.0716 e. The minimum atomic E-state index is 0.0795. The van der Waals surface area contributed by atoms with Crippen LogP contribution in [0.25, 0.3) is 0 Å². The van der Waals surface area contributed by atoms with Gasteiger partial charge in [-0.15, -0.1) is 0 Å². The van der Waals surface area contributed by atoms with Crippen molar-refractivity contribution in [3.63, 3.8) is 0 Å². The monoisotopic (exact) mass is 289 g/mol. The van der Waals surface area contributed by atoms with Crippen LogP contribution in [0.2, 0.25) is 0 Å². The van der Waals surface area contributed by atoms with Crippen LogP contribution < -0.4 is 0 Å². The van der Waals surface area contributed by atoms with Gasteiger partial charge in [0.25, 0.3) is 0 Å². The largest absolute Gasteiger partial charge is 0.377 e. The van der Waals surface area contributed by atoms with Crippen LogP contribution in [0.5, 0.6) is 0 Å². The van der Waals surface area contributed by atoms with Crippen LogP contribution in [0.3, 0.4) is 0 Å². The molecule has 0 heterocycles. The van der Waals surface area contributed by atoms with Gasteiger partial charge in [0.1, 0.15) is 0 Å². The summed E-state index contributed by atoms with van der Waals surface area (Å²) >= 11 is 0. The third-order valence-corrected chi connectivity index (χ3v) is 3.21. The fourth-order valence-corrected chi connectivity index (χ4v) is 2.07. The number of ether oxygens (including phenoxy) is 1. The normalized spacial score (nSPS) is 12.1. The van der Waals surface area contributed by atoms with Gasteiger partial charge in [-0.1, -0.05) is 49.6 Å². The second-order valence-electron chi connectivity index (χ2n) is 6.58. The van der Waals surface area contributed by atoms with E-state index in [4.69, 9.17) is 4.74 Å². The van der Waals surface area contributed by atoms with Gasteiger partial charge in [0, 0.05) is 6.61 Å². The summed E-state index contributed by atoms with van der Waals surface area (Å²) < 4.78 is 5.68. The zero-order valence-electron chi connectivity index (χ0n) is 14.0. The van der Waals surface area contributed by atoms with Crippen molar-refractivity contribution in [3.8, 4) is 0 Å². The first-order valence-corrected chi connectivity index (χ1v) is 8.23. The van der Waals surface area contributed by atoms with Gasteiger partial charge in [-0.25, -0.2) is 0 Å². The molecule has 0 aliphatic rings. The zero-order valence-corrected chi connectivity index (χ0v) is 14.0. The van der Waals surface area contributed by atoms with Gasteiger partial charge < -0.3 is 4.74 Å². The molecule has 0 radical (unpaired) electrons. The molecule has 0 unspecified atom stereocenters. The SMILES string of the molecule is CC(C)(C)N=CCCCCCCCOCc1ccccc1. The van der Waals surface area contributed by atoms with E-state index in [1.54, 1.807) is 0 Å². The number of nitrogens with zero attached hydrogens (tertiary/aromatic N) is 1. The lowest BCUT2D eigenvalue weighted by molar-refractivity contribution is 0.116. The molecule has 0 N–H and O–H groups in total. The minimum absolute atomic E-state index is 0.0795. The Kier molecular flexibility index (Phi) is 9.00. The molecular formula is C19H31NO. The van der Waals surface area contributed by atoms with E-state index in [0.717, 1.165) is 19.6 Å². The van der Waals surface area contributed by atoms with Crippen LogP contribution in [-0.2, 0) is 11.3 Å². The molecule has 0 aromatic heterocycles. The molecule has 1 aromatic rings. The molecular weight excluding hydrogens is 258 g/mol. The summed E-state index contributed by atoms with van der Waals surface area (Å²) in [6.45, 7) is 8.03. The smallest absolute Gasteiger partial charge is 0.0716 e. The summed E-state index contributed by atoms with van der Waals surface area (Å²) in [6.07, 6.45) is 9.50. The Morgan fingerprint density at radius 1 is 0.952 bits per heavy atom. The van der Waals surface area contributed by atoms with Crippen molar-refractivity contribution < 1.29 is 4.74 Å². The summed E-state index contributed by atoms with van der Waals surface area (Å²) in [5, 5.41) is 0. The number of aliphatic imine (C=N–C) groups is 1. The number of hydrogen-bond acceptors (Lipinski definition) is 2. The first-order chi connectivity index (χ1) is 10.1. The van der Waals surface area contributed by atoms with Crippen molar-refractivity contribution in [1.82, 2.24) is 0 Å². The van der Waals surface area contributed by atoms with E-state index in [-0.39, 0.29) is 5.54 Å². The summed E-state index contributed by atoms with van der Waals surface area (Å²) in [5.41, 5.74) is 1.34. The Bertz CT molecular complexity index is 378. The average molecular weight is 289 g/mol. The summed E-state index contributed by atoms with van der Waals surface area (Å²) in [5.74, 6) is 0. The number of unbranched alkanes of at least 4 members (excludes halogenated alkanes) is 5. The second-order valence-corrected chi connectivity index (χ2v) is 6.58. The lowest BCUT2D eigenvalue weighted by atomic mass is 10.1. The Morgan fingerprint density at radius 3 is 2.33 bits per heavy atom. The van der Waals surface area contributed by atoms with Gasteiger partial charge in [-0.05, 0) is 51.8 Å². The van der Waals surface area contributed by atoms with E-state index in [1.807, 2.05) is 6.07 Å². The Labute approximate surface area is 130 Å². The maximum absolute atomic E-state index is 5.68. The molecule has 0 spiro atoms. The average Bonchev–Trinajstić information content (AvgIpc) is 2.44. The van der Waals surface area contributed by atoms with Gasteiger partial charge in [0.2, 0.25) is 0 Å². The first-order valence-electron chi connectivity index (χ1n) is 8.23. The van der Waals surface area contributed by atoms with E-state index in [2.05, 4.69) is 56.2 Å². The van der Waals surface area contributed by atoms with Crippen LogP contribution in [0.4, 0.5) is 0 Å². The highest BCUT2D eigenvalue weighted by Crippen LogP contribution is 2.08. The van der Waals surface area contributed by atoms with Gasteiger partial charge in [0.05, 0.1) is 12.1 Å². The third-order valence-electron chi connectivity index (χ3n) is 3.21. The quantitative estimate of drug-likeness (QED) is 0.416. The van der Waals surface area contributed by atoms with Gasteiger partial charge in [0.15, 0.2) is 0 Å². The van der Waals surface area contributed by atoms with E-state index in [9.17, 15) is 0 Å².